The fourth-order valence-corrected chi connectivity index (χ4v) is 4.79. The van der Waals surface area contributed by atoms with Gasteiger partial charge in [0.2, 0.25) is 5.91 Å². The van der Waals surface area contributed by atoms with Crippen molar-refractivity contribution in [2.75, 3.05) is 10.8 Å². The van der Waals surface area contributed by atoms with Crippen LogP contribution in [0.1, 0.15) is 16.7 Å². The second-order valence-electron chi connectivity index (χ2n) is 7.25. The smallest absolute Gasteiger partial charge is 0.350 e. The van der Waals surface area contributed by atoms with Crippen LogP contribution in [-0.4, -0.2) is 20.9 Å². The van der Waals surface area contributed by atoms with Crippen LogP contribution in [0.4, 0.5) is 18.9 Å². The number of alkyl halides is 3. The molecule has 0 aliphatic carbocycles. The lowest BCUT2D eigenvalue weighted by atomic mass is 10.1. The van der Waals surface area contributed by atoms with Crippen LogP contribution in [-0.2, 0) is 27.5 Å². The number of sulfonamides is 1. The Kier molecular flexibility index (Phi) is 7.34. The minimum Gasteiger partial charge on any atom is -0.350 e. The molecule has 0 atom stereocenters. The highest BCUT2D eigenvalue weighted by atomic mass is 35.5. The quantitative estimate of drug-likeness (QED) is 0.490. The normalized spacial score (nSPS) is 11.8. The van der Waals surface area contributed by atoms with Gasteiger partial charge >= 0.3 is 6.18 Å². The molecule has 0 saturated heterocycles. The summed E-state index contributed by atoms with van der Waals surface area (Å²) in [5.74, 6) is -0.681. The molecule has 1 amide bonds. The second kappa shape index (κ2) is 9.84. The van der Waals surface area contributed by atoms with E-state index in [1.165, 1.54) is 24.3 Å². The maximum absolute atomic E-state index is 13.4. The van der Waals surface area contributed by atoms with Crippen LogP contribution in [0, 0.1) is 6.92 Å². The van der Waals surface area contributed by atoms with Gasteiger partial charge in [0, 0.05) is 6.54 Å². The lowest BCUT2D eigenvalue weighted by Crippen LogP contribution is -2.40. The first-order valence-corrected chi connectivity index (χ1v) is 11.6. The van der Waals surface area contributed by atoms with Gasteiger partial charge in [0.25, 0.3) is 10.0 Å². The predicted molar refractivity (Wildman–Crippen MR) is 120 cm³/mol. The van der Waals surface area contributed by atoms with Crippen molar-refractivity contribution >= 4 is 33.2 Å². The van der Waals surface area contributed by atoms with Gasteiger partial charge in [-0.3, -0.25) is 9.10 Å². The molecule has 0 fully saturated rings. The molecule has 0 bridgehead atoms. The number of hydrogen-bond donors (Lipinski definition) is 1. The number of nitrogens with one attached hydrogen (secondary N) is 1. The Balaban J connectivity index is 1.95. The molecule has 5 nitrogen and oxygen atoms in total. The lowest BCUT2D eigenvalue weighted by Gasteiger charge is -2.25. The maximum Gasteiger partial charge on any atom is 0.417 e. The van der Waals surface area contributed by atoms with E-state index >= 15 is 0 Å². The molecular weight excluding hydrogens is 477 g/mol. The van der Waals surface area contributed by atoms with Crippen molar-refractivity contribution < 1.29 is 26.4 Å². The number of rotatable bonds is 7. The highest BCUT2D eigenvalue weighted by Gasteiger charge is 2.35. The van der Waals surface area contributed by atoms with Crippen molar-refractivity contribution in [1.82, 2.24) is 5.32 Å². The molecular formula is C23H20ClF3N2O3S. The number of amides is 1. The second-order valence-corrected chi connectivity index (χ2v) is 9.52. The summed E-state index contributed by atoms with van der Waals surface area (Å²) in [4.78, 5) is 12.5. The summed E-state index contributed by atoms with van der Waals surface area (Å²) in [6.07, 6.45) is -4.80. The Morgan fingerprint density at radius 3 is 2.33 bits per heavy atom. The summed E-state index contributed by atoms with van der Waals surface area (Å²) >= 11 is 5.69. The number of nitrogens with zero attached hydrogens (tertiary/aromatic N) is 1. The molecule has 10 heteroatoms. The monoisotopic (exact) mass is 496 g/mol. The van der Waals surface area contributed by atoms with Crippen molar-refractivity contribution in [2.24, 2.45) is 0 Å². The SMILES string of the molecule is Cc1cccc(CNC(=O)CN(c2ccc(Cl)c(C(F)(F)F)c2)S(=O)(=O)c2ccccc2)c1. The van der Waals surface area contributed by atoms with Crippen molar-refractivity contribution in [2.45, 2.75) is 24.5 Å². The Morgan fingerprint density at radius 2 is 1.70 bits per heavy atom. The van der Waals surface area contributed by atoms with Gasteiger partial charge in [0.15, 0.2) is 0 Å². The fourth-order valence-electron chi connectivity index (χ4n) is 3.13. The Morgan fingerprint density at radius 1 is 1.00 bits per heavy atom. The molecule has 0 radical (unpaired) electrons. The molecule has 0 aliphatic rings. The average molecular weight is 497 g/mol. The summed E-state index contributed by atoms with van der Waals surface area (Å²) in [6, 6.07) is 17.2. The standard InChI is InChI=1S/C23H20ClF3N2O3S/c1-16-6-5-7-17(12-16)14-28-22(30)15-29(33(31,32)19-8-3-2-4-9-19)18-10-11-21(24)20(13-18)23(25,26)27/h2-13H,14-15H2,1H3,(H,28,30). The maximum atomic E-state index is 13.4. The third kappa shape index (κ3) is 6.06. The Bertz CT molecular complexity index is 1250. The minimum atomic E-state index is -4.80. The number of anilines is 1. The van der Waals surface area contributed by atoms with E-state index in [1.54, 1.807) is 12.1 Å². The van der Waals surface area contributed by atoms with Gasteiger partial charge in [-0.2, -0.15) is 13.2 Å². The van der Waals surface area contributed by atoms with Crippen LogP contribution >= 0.6 is 11.6 Å². The number of aryl methyl sites for hydroxylation is 1. The van der Waals surface area contributed by atoms with Gasteiger partial charge in [0.1, 0.15) is 6.54 Å². The lowest BCUT2D eigenvalue weighted by molar-refractivity contribution is -0.137. The molecule has 3 rings (SSSR count). The van der Waals surface area contributed by atoms with Crippen LogP contribution in [0.2, 0.25) is 5.02 Å². The molecule has 33 heavy (non-hydrogen) atoms. The van der Waals surface area contributed by atoms with Gasteiger partial charge in [-0.1, -0.05) is 59.6 Å². The zero-order valence-electron chi connectivity index (χ0n) is 17.4. The number of carbonyl (C=O) groups excluding carboxylic acids is 1. The highest BCUT2D eigenvalue weighted by molar-refractivity contribution is 7.92. The van der Waals surface area contributed by atoms with Gasteiger partial charge in [-0.15, -0.1) is 0 Å². The molecule has 0 heterocycles. The average Bonchev–Trinajstić information content (AvgIpc) is 2.76. The molecule has 0 spiro atoms. The predicted octanol–water partition coefficient (Wildman–Crippen LogP) is 5.18. The van der Waals surface area contributed by atoms with E-state index in [-0.39, 0.29) is 17.1 Å². The van der Waals surface area contributed by atoms with E-state index in [9.17, 15) is 26.4 Å². The van der Waals surface area contributed by atoms with E-state index in [2.05, 4.69) is 5.32 Å². The first-order chi connectivity index (χ1) is 15.5. The largest absolute Gasteiger partial charge is 0.417 e. The molecule has 3 aromatic rings. The number of carbonyl (C=O) groups is 1. The van der Waals surface area contributed by atoms with Crippen molar-refractivity contribution in [3.05, 3.63) is 94.5 Å². The summed E-state index contributed by atoms with van der Waals surface area (Å²) in [5, 5.41) is 2.04. The van der Waals surface area contributed by atoms with E-state index in [0.29, 0.717) is 10.4 Å². The van der Waals surface area contributed by atoms with Gasteiger partial charge < -0.3 is 5.32 Å². The van der Waals surface area contributed by atoms with E-state index < -0.39 is 39.2 Å². The molecule has 0 aliphatic heterocycles. The third-order valence-electron chi connectivity index (χ3n) is 4.73. The van der Waals surface area contributed by atoms with Crippen molar-refractivity contribution in [1.29, 1.82) is 0 Å². The van der Waals surface area contributed by atoms with E-state index in [4.69, 9.17) is 11.6 Å². The van der Waals surface area contributed by atoms with Crippen LogP contribution < -0.4 is 9.62 Å². The Labute approximate surface area is 194 Å². The molecule has 0 unspecified atom stereocenters. The zero-order chi connectivity index (χ0) is 24.2. The Hall–Kier alpha value is -3.04. The fraction of sp³-hybridized carbons (Fsp3) is 0.174. The molecule has 174 valence electrons. The van der Waals surface area contributed by atoms with E-state index in [0.717, 1.165) is 23.3 Å². The zero-order valence-corrected chi connectivity index (χ0v) is 19.0. The summed E-state index contributed by atoms with van der Waals surface area (Å²) < 4.78 is 67.3. The molecule has 1 N–H and O–H groups in total. The van der Waals surface area contributed by atoms with Crippen LogP contribution in [0.25, 0.3) is 0 Å². The number of halogens is 4. The van der Waals surface area contributed by atoms with Crippen LogP contribution in [0.15, 0.2) is 77.7 Å². The summed E-state index contributed by atoms with van der Waals surface area (Å²) in [5.41, 5.74) is 0.249. The summed E-state index contributed by atoms with van der Waals surface area (Å²) in [6.45, 7) is 1.30. The first kappa shape index (κ1) is 24.6. The minimum absolute atomic E-state index is 0.133. The highest BCUT2D eigenvalue weighted by Crippen LogP contribution is 2.38. The number of benzene rings is 3. The van der Waals surface area contributed by atoms with Gasteiger partial charge in [0.05, 0.1) is 21.2 Å². The van der Waals surface area contributed by atoms with Crippen LogP contribution in [0.3, 0.4) is 0 Å². The molecule has 3 aromatic carbocycles. The van der Waals surface area contributed by atoms with Gasteiger partial charge in [-0.25, -0.2) is 8.42 Å². The first-order valence-electron chi connectivity index (χ1n) is 9.75. The topological polar surface area (TPSA) is 66.5 Å². The third-order valence-corrected chi connectivity index (χ3v) is 6.85. The van der Waals surface area contributed by atoms with Gasteiger partial charge in [-0.05, 0) is 42.8 Å². The van der Waals surface area contributed by atoms with E-state index in [1.807, 2.05) is 25.1 Å². The molecule has 0 aromatic heterocycles. The van der Waals surface area contributed by atoms with Crippen LogP contribution in [0.5, 0.6) is 0 Å². The summed E-state index contributed by atoms with van der Waals surface area (Å²) in [7, 11) is -4.35. The van der Waals surface area contributed by atoms with Crippen molar-refractivity contribution in [3.63, 3.8) is 0 Å². The van der Waals surface area contributed by atoms with Crippen molar-refractivity contribution in [3.8, 4) is 0 Å². The number of hydrogen-bond acceptors (Lipinski definition) is 3. The molecule has 0 saturated carbocycles.